The molecule has 1 aliphatic rings. The molecule has 0 atom stereocenters. The van der Waals surface area contributed by atoms with E-state index >= 15 is 0 Å². The Hall–Kier alpha value is -1.20. The number of nitrogens with zero attached hydrogens (tertiary/aromatic N) is 1. The Morgan fingerprint density at radius 2 is 1.89 bits per heavy atom. The fourth-order valence-electron chi connectivity index (χ4n) is 2.93. The highest BCUT2D eigenvalue weighted by atomic mass is 127. The molecule has 1 saturated heterocycles. The van der Waals surface area contributed by atoms with Crippen molar-refractivity contribution in [1.82, 2.24) is 9.62 Å². The molecule has 1 N–H and O–H groups in total. The average molecular weight is 502 g/mol. The largest absolute Gasteiger partial charge is 0.496 e. The van der Waals surface area contributed by atoms with Gasteiger partial charge >= 0.3 is 0 Å². The van der Waals surface area contributed by atoms with Gasteiger partial charge in [0.15, 0.2) is 0 Å². The molecule has 2 aromatic carbocycles. The molecule has 1 aliphatic heterocycles. The van der Waals surface area contributed by atoms with Gasteiger partial charge in [-0.05, 0) is 51.9 Å². The van der Waals surface area contributed by atoms with Gasteiger partial charge in [-0.3, -0.25) is 4.90 Å². The first-order valence-electron chi connectivity index (χ1n) is 8.69. The first-order valence-corrected chi connectivity index (χ1v) is 11.3. The SMILES string of the molecule is COc1ccc(S(=O)(=O)NCc2cccc(CN3CCOCC3)c2)cc1I. The summed E-state index contributed by atoms with van der Waals surface area (Å²) in [5.74, 6) is 0.658. The van der Waals surface area contributed by atoms with E-state index in [0.29, 0.717) is 5.75 Å². The van der Waals surface area contributed by atoms with Gasteiger partial charge in [0, 0.05) is 26.2 Å². The van der Waals surface area contributed by atoms with Crippen LogP contribution in [0.1, 0.15) is 11.1 Å². The summed E-state index contributed by atoms with van der Waals surface area (Å²) in [6.45, 7) is 4.47. The monoisotopic (exact) mass is 502 g/mol. The highest BCUT2D eigenvalue weighted by molar-refractivity contribution is 14.1. The van der Waals surface area contributed by atoms with Crippen molar-refractivity contribution < 1.29 is 17.9 Å². The van der Waals surface area contributed by atoms with Crippen LogP contribution >= 0.6 is 22.6 Å². The predicted octanol–water partition coefficient (Wildman–Crippen LogP) is 2.61. The van der Waals surface area contributed by atoms with Crippen molar-refractivity contribution in [3.63, 3.8) is 0 Å². The maximum absolute atomic E-state index is 12.6. The van der Waals surface area contributed by atoms with Gasteiger partial charge in [0.05, 0.1) is 28.8 Å². The quantitative estimate of drug-likeness (QED) is 0.590. The maximum atomic E-state index is 12.6. The fraction of sp³-hybridized carbons (Fsp3) is 0.368. The Kier molecular flexibility index (Phi) is 7.10. The molecule has 6 nitrogen and oxygen atoms in total. The van der Waals surface area contributed by atoms with Crippen LogP contribution in [0.15, 0.2) is 47.4 Å². The first kappa shape index (κ1) is 20.5. The normalized spacial score (nSPS) is 15.6. The van der Waals surface area contributed by atoms with E-state index < -0.39 is 10.0 Å². The zero-order valence-electron chi connectivity index (χ0n) is 15.2. The number of morpholine rings is 1. The summed E-state index contributed by atoms with van der Waals surface area (Å²) in [6.07, 6.45) is 0. The molecule has 3 rings (SSSR count). The minimum Gasteiger partial charge on any atom is -0.496 e. The molecular weight excluding hydrogens is 479 g/mol. The van der Waals surface area contributed by atoms with Crippen LogP contribution in [0.5, 0.6) is 5.75 Å². The molecule has 27 heavy (non-hydrogen) atoms. The van der Waals surface area contributed by atoms with Crippen molar-refractivity contribution in [3.8, 4) is 5.75 Å². The highest BCUT2D eigenvalue weighted by Gasteiger charge is 2.16. The molecule has 0 amide bonds. The summed E-state index contributed by atoms with van der Waals surface area (Å²) >= 11 is 2.07. The molecule has 1 heterocycles. The van der Waals surface area contributed by atoms with Gasteiger partial charge in [0.1, 0.15) is 5.75 Å². The van der Waals surface area contributed by atoms with Gasteiger partial charge < -0.3 is 9.47 Å². The third-order valence-corrected chi connectivity index (χ3v) is 6.64. The predicted molar refractivity (Wildman–Crippen MR) is 112 cm³/mol. The number of methoxy groups -OCH3 is 1. The molecule has 146 valence electrons. The van der Waals surface area contributed by atoms with Gasteiger partial charge in [0.25, 0.3) is 0 Å². The summed E-state index contributed by atoms with van der Waals surface area (Å²) in [4.78, 5) is 2.57. The second-order valence-electron chi connectivity index (χ2n) is 6.33. The smallest absolute Gasteiger partial charge is 0.240 e. The third-order valence-electron chi connectivity index (χ3n) is 4.40. The zero-order valence-corrected chi connectivity index (χ0v) is 18.1. The van der Waals surface area contributed by atoms with E-state index in [1.807, 2.05) is 12.1 Å². The van der Waals surface area contributed by atoms with Gasteiger partial charge in [0.2, 0.25) is 10.0 Å². The van der Waals surface area contributed by atoms with E-state index in [1.165, 1.54) is 5.56 Å². The summed E-state index contributed by atoms with van der Waals surface area (Å²) in [7, 11) is -2.02. The van der Waals surface area contributed by atoms with Crippen LogP contribution in [0.4, 0.5) is 0 Å². The van der Waals surface area contributed by atoms with E-state index in [0.717, 1.165) is 42.0 Å². The molecule has 8 heteroatoms. The lowest BCUT2D eigenvalue weighted by molar-refractivity contribution is 0.0342. The third kappa shape index (κ3) is 5.64. The molecular formula is C19H23IN2O4S. The molecule has 1 fully saturated rings. The van der Waals surface area contributed by atoms with Crippen LogP contribution in [0.25, 0.3) is 0 Å². The highest BCUT2D eigenvalue weighted by Crippen LogP contribution is 2.24. The van der Waals surface area contributed by atoms with E-state index in [4.69, 9.17) is 9.47 Å². The van der Waals surface area contributed by atoms with Crippen molar-refractivity contribution in [2.75, 3.05) is 33.4 Å². The van der Waals surface area contributed by atoms with Crippen LogP contribution < -0.4 is 9.46 Å². The summed E-state index contributed by atoms with van der Waals surface area (Å²) < 4.78 is 39.2. The molecule has 0 aromatic heterocycles. The number of ether oxygens (including phenoxy) is 2. The molecule has 0 spiro atoms. The van der Waals surface area contributed by atoms with Gasteiger partial charge in [-0.15, -0.1) is 0 Å². The summed E-state index contributed by atoms with van der Waals surface area (Å²) in [5.41, 5.74) is 2.11. The van der Waals surface area contributed by atoms with Crippen molar-refractivity contribution in [2.24, 2.45) is 0 Å². The standard InChI is InChI=1S/C19H23IN2O4S/c1-25-19-6-5-17(12-18(19)20)27(23,24)21-13-15-3-2-4-16(11-15)14-22-7-9-26-10-8-22/h2-6,11-12,21H,7-10,13-14H2,1H3. The minimum absolute atomic E-state index is 0.233. The van der Waals surface area contributed by atoms with E-state index in [1.54, 1.807) is 25.3 Å². The van der Waals surface area contributed by atoms with Gasteiger partial charge in [-0.2, -0.15) is 0 Å². The molecule has 2 aromatic rings. The summed E-state index contributed by atoms with van der Waals surface area (Å²) in [6, 6.07) is 12.8. The van der Waals surface area contributed by atoms with Crippen molar-refractivity contribution in [3.05, 3.63) is 57.2 Å². The van der Waals surface area contributed by atoms with Crippen LogP contribution in [-0.2, 0) is 27.8 Å². The molecule has 0 aliphatic carbocycles. The van der Waals surface area contributed by atoms with E-state index in [2.05, 4.69) is 44.3 Å². The lowest BCUT2D eigenvalue weighted by Gasteiger charge is -2.26. The summed E-state index contributed by atoms with van der Waals surface area (Å²) in [5, 5.41) is 0. The average Bonchev–Trinajstić information content (AvgIpc) is 2.67. The molecule has 0 unspecified atom stereocenters. The lowest BCUT2D eigenvalue weighted by atomic mass is 10.1. The zero-order chi connectivity index (χ0) is 19.3. The Morgan fingerprint density at radius 1 is 1.15 bits per heavy atom. The van der Waals surface area contributed by atoms with Crippen molar-refractivity contribution in [1.29, 1.82) is 0 Å². The van der Waals surface area contributed by atoms with E-state index in [9.17, 15) is 8.42 Å². The number of rotatable bonds is 7. The number of hydrogen-bond acceptors (Lipinski definition) is 5. The Labute approximate surface area is 174 Å². The topological polar surface area (TPSA) is 67.9 Å². The maximum Gasteiger partial charge on any atom is 0.240 e. The van der Waals surface area contributed by atoms with E-state index in [-0.39, 0.29) is 11.4 Å². The Morgan fingerprint density at radius 3 is 2.59 bits per heavy atom. The molecule has 0 bridgehead atoms. The number of halogens is 1. The lowest BCUT2D eigenvalue weighted by Crippen LogP contribution is -2.35. The van der Waals surface area contributed by atoms with Crippen LogP contribution in [-0.4, -0.2) is 46.7 Å². The number of benzene rings is 2. The molecule has 0 saturated carbocycles. The minimum atomic E-state index is -3.58. The number of hydrogen-bond donors (Lipinski definition) is 1. The van der Waals surface area contributed by atoms with Crippen LogP contribution in [0, 0.1) is 3.57 Å². The molecule has 0 radical (unpaired) electrons. The second kappa shape index (κ2) is 9.33. The second-order valence-corrected chi connectivity index (χ2v) is 9.26. The van der Waals surface area contributed by atoms with Gasteiger partial charge in [-0.25, -0.2) is 13.1 Å². The fourth-order valence-corrected chi connectivity index (χ4v) is 4.92. The van der Waals surface area contributed by atoms with Crippen LogP contribution in [0.2, 0.25) is 0 Å². The van der Waals surface area contributed by atoms with Crippen molar-refractivity contribution >= 4 is 32.6 Å². The van der Waals surface area contributed by atoms with Crippen molar-refractivity contribution in [2.45, 2.75) is 18.0 Å². The van der Waals surface area contributed by atoms with Gasteiger partial charge in [-0.1, -0.05) is 24.3 Å². The van der Waals surface area contributed by atoms with Crippen LogP contribution in [0.3, 0.4) is 0 Å². The number of nitrogens with one attached hydrogen (secondary N) is 1. The first-order chi connectivity index (χ1) is 13.0. The Bertz CT molecular complexity index is 883. The Balaban J connectivity index is 1.65. The number of sulfonamides is 1.